The minimum Gasteiger partial charge on any atom is -0.491 e. The molecule has 0 saturated carbocycles. The van der Waals surface area contributed by atoms with Crippen LogP contribution in [0.3, 0.4) is 0 Å². The summed E-state index contributed by atoms with van der Waals surface area (Å²) in [6.45, 7) is 11.3. The molecular formula is C24H39N3O4. The normalized spacial score (nSPS) is 23.4. The van der Waals surface area contributed by atoms with Gasteiger partial charge in [-0.3, -0.25) is 14.5 Å². The van der Waals surface area contributed by atoms with Crippen molar-refractivity contribution in [3.63, 3.8) is 0 Å². The molecule has 3 atom stereocenters. The van der Waals surface area contributed by atoms with E-state index in [4.69, 9.17) is 9.47 Å². The van der Waals surface area contributed by atoms with Crippen molar-refractivity contribution in [3.8, 4) is 5.75 Å². The Morgan fingerprint density at radius 3 is 2.61 bits per heavy atom. The molecule has 174 valence electrons. The first kappa shape index (κ1) is 25.1. The third-order valence-electron chi connectivity index (χ3n) is 5.85. The van der Waals surface area contributed by atoms with E-state index < -0.39 is 0 Å². The molecule has 1 aliphatic heterocycles. The molecule has 1 aromatic carbocycles. The zero-order valence-electron chi connectivity index (χ0n) is 19.9. The summed E-state index contributed by atoms with van der Waals surface area (Å²) in [5.41, 5.74) is 1.06. The van der Waals surface area contributed by atoms with Crippen molar-refractivity contribution in [1.82, 2.24) is 9.80 Å². The Kier molecular flexibility index (Phi) is 9.78. The van der Waals surface area contributed by atoms with Crippen molar-refractivity contribution in [2.24, 2.45) is 5.92 Å². The first-order chi connectivity index (χ1) is 14.8. The minimum absolute atomic E-state index is 0.0607. The van der Waals surface area contributed by atoms with Crippen molar-refractivity contribution in [2.45, 2.75) is 59.1 Å². The molecule has 0 bridgehead atoms. The van der Waals surface area contributed by atoms with Crippen LogP contribution in [0, 0.1) is 5.92 Å². The van der Waals surface area contributed by atoms with Crippen LogP contribution in [0.5, 0.6) is 5.75 Å². The number of carbonyl (C=O) groups excluding carboxylic acids is 2. The maximum absolute atomic E-state index is 13.3. The summed E-state index contributed by atoms with van der Waals surface area (Å²) in [6.07, 6.45) is 2.20. The molecule has 0 unspecified atom stereocenters. The number of hydrogen-bond acceptors (Lipinski definition) is 5. The number of likely N-dealkylation sites (N-methyl/N-ethyl adjacent to an activating group) is 1. The molecular weight excluding hydrogens is 394 g/mol. The maximum atomic E-state index is 13.3. The molecule has 1 aromatic rings. The van der Waals surface area contributed by atoms with E-state index in [1.807, 2.05) is 6.92 Å². The maximum Gasteiger partial charge on any atom is 0.257 e. The lowest BCUT2D eigenvalue weighted by Crippen LogP contribution is -2.46. The van der Waals surface area contributed by atoms with E-state index in [1.54, 1.807) is 37.3 Å². The fourth-order valence-electron chi connectivity index (χ4n) is 3.98. The third kappa shape index (κ3) is 6.94. The highest BCUT2D eigenvalue weighted by Gasteiger charge is 2.28. The number of nitrogens with one attached hydrogen (secondary N) is 1. The minimum atomic E-state index is -0.144. The van der Waals surface area contributed by atoms with Gasteiger partial charge in [-0.1, -0.05) is 20.8 Å². The largest absolute Gasteiger partial charge is 0.491 e. The fourth-order valence-corrected chi connectivity index (χ4v) is 3.98. The Morgan fingerprint density at radius 2 is 1.97 bits per heavy atom. The number of amides is 2. The van der Waals surface area contributed by atoms with Crippen LogP contribution in [0.1, 0.15) is 57.3 Å². The van der Waals surface area contributed by atoms with E-state index in [-0.39, 0.29) is 29.9 Å². The van der Waals surface area contributed by atoms with Gasteiger partial charge in [-0.2, -0.15) is 0 Å². The quantitative estimate of drug-likeness (QED) is 0.742. The van der Waals surface area contributed by atoms with E-state index in [1.165, 1.54) is 0 Å². The molecule has 31 heavy (non-hydrogen) atoms. The lowest BCUT2D eigenvalue weighted by molar-refractivity contribution is -0.116. The van der Waals surface area contributed by atoms with Gasteiger partial charge in [0.2, 0.25) is 5.91 Å². The molecule has 1 heterocycles. The second-order valence-corrected chi connectivity index (χ2v) is 8.60. The molecule has 2 rings (SSSR count). The summed E-state index contributed by atoms with van der Waals surface area (Å²) in [7, 11) is 3.49. The van der Waals surface area contributed by atoms with Crippen LogP contribution >= 0.6 is 0 Å². The molecule has 0 spiro atoms. The molecule has 7 heteroatoms. The highest BCUT2D eigenvalue weighted by atomic mass is 16.5. The molecule has 0 fully saturated rings. The van der Waals surface area contributed by atoms with Crippen LogP contribution in [-0.4, -0.2) is 74.2 Å². The molecule has 7 nitrogen and oxygen atoms in total. The first-order valence-electron chi connectivity index (χ1n) is 11.4. The van der Waals surface area contributed by atoms with Crippen LogP contribution in [-0.2, 0) is 9.53 Å². The van der Waals surface area contributed by atoms with Crippen molar-refractivity contribution in [3.05, 3.63) is 23.8 Å². The third-order valence-corrected chi connectivity index (χ3v) is 5.85. The lowest BCUT2D eigenvalue weighted by Gasteiger charge is -2.35. The Bertz CT molecular complexity index is 740. The Balaban J connectivity index is 2.38. The number of hydrogen-bond donors (Lipinski definition) is 1. The monoisotopic (exact) mass is 433 g/mol. The zero-order chi connectivity index (χ0) is 23.0. The summed E-state index contributed by atoms with van der Waals surface area (Å²) in [5.74, 6) is 0.591. The van der Waals surface area contributed by atoms with Crippen LogP contribution in [0.15, 0.2) is 18.2 Å². The van der Waals surface area contributed by atoms with Gasteiger partial charge in [0.25, 0.3) is 5.91 Å². The molecule has 0 saturated heterocycles. The second-order valence-electron chi connectivity index (χ2n) is 8.60. The van der Waals surface area contributed by atoms with Crippen LogP contribution in [0.2, 0.25) is 0 Å². The molecule has 1 aliphatic rings. The Hall–Kier alpha value is -2.12. The topological polar surface area (TPSA) is 71.1 Å². The van der Waals surface area contributed by atoms with Crippen molar-refractivity contribution in [2.75, 3.05) is 45.7 Å². The number of benzene rings is 1. The average molecular weight is 434 g/mol. The Morgan fingerprint density at radius 1 is 1.23 bits per heavy atom. The second kappa shape index (κ2) is 12.1. The van der Waals surface area contributed by atoms with Gasteiger partial charge in [-0.15, -0.1) is 0 Å². The van der Waals surface area contributed by atoms with Gasteiger partial charge in [0.1, 0.15) is 12.4 Å². The lowest BCUT2D eigenvalue weighted by atomic mass is 10.0. The number of anilines is 1. The highest BCUT2D eigenvalue weighted by molar-refractivity contribution is 5.99. The average Bonchev–Trinajstić information content (AvgIpc) is 2.74. The Labute approximate surface area is 187 Å². The predicted molar refractivity (Wildman–Crippen MR) is 124 cm³/mol. The van der Waals surface area contributed by atoms with Crippen molar-refractivity contribution in [1.29, 1.82) is 0 Å². The van der Waals surface area contributed by atoms with Gasteiger partial charge >= 0.3 is 0 Å². The van der Waals surface area contributed by atoms with Crippen molar-refractivity contribution < 1.29 is 19.1 Å². The van der Waals surface area contributed by atoms with Gasteiger partial charge < -0.3 is 19.7 Å². The van der Waals surface area contributed by atoms with E-state index >= 15 is 0 Å². The van der Waals surface area contributed by atoms with Gasteiger partial charge in [-0.25, -0.2) is 0 Å². The number of rotatable bonds is 6. The summed E-state index contributed by atoms with van der Waals surface area (Å²) >= 11 is 0. The highest BCUT2D eigenvalue weighted by Crippen LogP contribution is 2.26. The van der Waals surface area contributed by atoms with Gasteiger partial charge in [0.05, 0.1) is 11.7 Å². The van der Waals surface area contributed by atoms with E-state index in [0.717, 1.165) is 25.9 Å². The van der Waals surface area contributed by atoms with E-state index in [9.17, 15) is 9.59 Å². The number of nitrogens with zero attached hydrogens (tertiary/aromatic N) is 2. The summed E-state index contributed by atoms with van der Waals surface area (Å²) in [6, 6.07) is 5.48. The standard InChI is InChI=1S/C24H39N3O4/c1-7-9-23(28)25-19-10-11-21-20(13-19)24(29)26(5)15-22(30-6)17(3)14-27(12-8-2)18(4)16-31-21/h10-11,13,17-18,22H,7-9,12,14-16H2,1-6H3,(H,25,28)/t17-,18+,22+/m1/s1. The summed E-state index contributed by atoms with van der Waals surface area (Å²) < 4.78 is 11.9. The molecule has 0 aromatic heterocycles. The summed E-state index contributed by atoms with van der Waals surface area (Å²) in [5, 5.41) is 2.88. The smallest absolute Gasteiger partial charge is 0.257 e. The first-order valence-corrected chi connectivity index (χ1v) is 11.4. The SMILES string of the molecule is CCCC(=O)Nc1ccc2c(c1)C(=O)N(C)C[C@H](OC)[C@H](C)CN(CCC)[C@@H](C)CO2. The fraction of sp³-hybridized carbons (Fsp3) is 0.667. The van der Waals surface area contributed by atoms with Crippen LogP contribution in [0.25, 0.3) is 0 Å². The van der Waals surface area contributed by atoms with Gasteiger partial charge in [0.15, 0.2) is 0 Å². The molecule has 0 radical (unpaired) electrons. The van der Waals surface area contributed by atoms with E-state index in [2.05, 4.69) is 31.0 Å². The zero-order valence-corrected chi connectivity index (χ0v) is 19.9. The summed E-state index contributed by atoms with van der Waals surface area (Å²) in [4.78, 5) is 29.4. The number of methoxy groups -OCH3 is 1. The number of carbonyl (C=O) groups is 2. The van der Waals surface area contributed by atoms with E-state index in [0.29, 0.717) is 36.6 Å². The van der Waals surface area contributed by atoms with Crippen LogP contribution in [0.4, 0.5) is 5.69 Å². The molecule has 2 amide bonds. The molecule has 0 aliphatic carbocycles. The van der Waals surface area contributed by atoms with Gasteiger partial charge in [-0.05, 0) is 50.4 Å². The van der Waals surface area contributed by atoms with Gasteiger partial charge in [0, 0.05) is 45.4 Å². The molecule has 1 N–H and O–H groups in total. The predicted octanol–water partition coefficient (Wildman–Crippen LogP) is 3.64. The van der Waals surface area contributed by atoms with Crippen LogP contribution < -0.4 is 10.1 Å². The number of ether oxygens (including phenoxy) is 2. The van der Waals surface area contributed by atoms with Crippen molar-refractivity contribution >= 4 is 17.5 Å². The number of fused-ring (bicyclic) bond motifs is 1.